The molecule has 0 heterocycles. The summed E-state index contributed by atoms with van der Waals surface area (Å²) in [6.07, 6.45) is 5.25. The van der Waals surface area contributed by atoms with Gasteiger partial charge in [0, 0.05) is 0 Å². The van der Waals surface area contributed by atoms with E-state index in [1.807, 2.05) is 0 Å². The maximum Gasteiger partial charge on any atom is -0.0359 e. The molecule has 0 spiro atoms. The van der Waals surface area contributed by atoms with E-state index in [0.29, 0.717) is 5.41 Å². The fraction of sp³-hybridized carbons (Fsp3) is 1.00. The maximum absolute atomic E-state index is 2.30. The van der Waals surface area contributed by atoms with Crippen LogP contribution in [0.2, 0.25) is 0 Å². The van der Waals surface area contributed by atoms with Crippen molar-refractivity contribution in [1.82, 2.24) is 0 Å². The molecule has 0 nitrogen and oxygen atoms in total. The summed E-state index contributed by atoms with van der Waals surface area (Å²) in [4.78, 5) is 0. The number of rotatable bonds is 4. The molecule has 0 saturated carbocycles. The highest BCUT2D eigenvalue weighted by Gasteiger charge is 2.09. The summed E-state index contributed by atoms with van der Waals surface area (Å²) in [6, 6.07) is 0. The highest BCUT2D eigenvalue weighted by molar-refractivity contribution is 4.61. The largest absolute Gasteiger partial charge is 0.0776 e. The first-order valence-electron chi connectivity index (χ1n) is 5.93. The van der Waals surface area contributed by atoms with E-state index in [9.17, 15) is 0 Å². The van der Waals surface area contributed by atoms with Gasteiger partial charge in [-0.3, -0.25) is 0 Å². The second-order valence-corrected chi connectivity index (χ2v) is 4.79. The molecule has 90 valence electrons. The van der Waals surface area contributed by atoms with Gasteiger partial charge in [0.2, 0.25) is 0 Å². The molecule has 0 fully saturated rings. The van der Waals surface area contributed by atoms with E-state index in [-0.39, 0.29) is 7.43 Å². The average molecular weight is 202 g/mol. The zero-order valence-electron chi connectivity index (χ0n) is 10.9. The molecule has 0 aromatic carbocycles. The molecule has 14 heavy (non-hydrogen) atoms. The predicted molar refractivity (Wildman–Crippen MR) is 70.8 cm³/mol. The first-order chi connectivity index (χ1) is 5.93. The molecule has 0 unspecified atom stereocenters. The first kappa shape index (κ1) is 19.6. The van der Waals surface area contributed by atoms with Crippen LogP contribution in [0, 0.1) is 11.3 Å². The molecule has 0 atom stereocenters. The van der Waals surface area contributed by atoms with Crippen molar-refractivity contribution >= 4 is 0 Å². The molecular formula is C14H34. The minimum Gasteiger partial charge on any atom is -0.0776 e. The SMILES string of the molecule is C.CCC(C)(C)CC.CCC(C)CC. The Hall–Kier alpha value is 0. The molecular weight excluding hydrogens is 168 g/mol. The van der Waals surface area contributed by atoms with Gasteiger partial charge in [-0.1, -0.05) is 81.6 Å². The molecule has 0 rings (SSSR count). The maximum atomic E-state index is 2.30. The van der Waals surface area contributed by atoms with Gasteiger partial charge in [0.05, 0.1) is 0 Å². The van der Waals surface area contributed by atoms with E-state index in [2.05, 4.69) is 48.5 Å². The van der Waals surface area contributed by atoms with E-state index < -0.39 is 0 Å². The van der Waals surface area contributed by atoms with E-state index in [1.54, 1.807) is 0 Å². The van der Waals surface area contributed by atoms with Crippen molar-refractivity contribution in [3.63, 3.8) is 0 Å². The van der Waals surface area contributed by atoms with Crippen LogP contribution in [-0.2, 0) is 0 Å². The van der Waals surface area contributed by atoms with Gasteiger partial charge >= 0.3 is 0 Å². The molecule has 0 amide bonds. The smallest absolute Gasteiger partial charge is 0.0359 e. The predicted octanol–water partition coefficient (Wildman–Crippen LogP) is 5.91. The van der Waals surface area contributed by atoms with Crippen LogP contribution in [0.5, 0.6) is 0 Å². The molecule has 0 radical (unpaired) electrons. The van der Waals surface area contributed by atoms with Crippen molar-refractivity contribution < 1.29 is 0 Å². The van der Waals surface area contributed by atoms with Crippen LogP contribution in [0.1, 0.15) is 81.6 Å². The van der Waals surface area contributed by atoms with Crippen molar-refractivity contribution in [1.29, 1.82) is 0 Å². The summed E-state index contributed by atoms with van der Waals surface area (Å²) in [5, 5.41) is 0. The van der Waals surface area contributed by atoms with Crippen LogP contribution in [0.15, 0.2) is 0 Å². The highest BCUT2D eigenvalue weighted by atomic mass is 14.1. The van der Waals surface area contributed by atoms with E-state index in [0.717, 1.165) is 5.92 Å². The normalized spacial score (nSPS) is 10.3. The van der Waals surface area contributed by atoms with Gasteiger partial charge in [-0.15, -0.1) is 0 Å². The lowest BCUT2D eigenvalue weighted by atomic mass is 9.88. The van der Waals surface area contributed by atoms with Crippen molar-refractivity contribution in [3.05, 3.63) is 0 Å². The second kappa shape index (κ2) is 11.1. The minimum absolute atomic E-state index is 0. The fourth-order valence-corrected chi connectivity index (χ4v) is 0.539. The molecule has 0 aromatic heterocycles. The lowest BCUT2D eigenvalue weighted by molar-refractivity contribution is 0.338. The third kappa shape index (κ3) is 14.5. The lowest BCUT2D eigenvalue weighted by Crippen LogP contribution is -2.05. The van der Waals surface area contributed by atoms with E-state index >= 15 is 0 Å². The molecule has 0 aromatic rings. The van der Waals surface area contributed by atoms with Gasteiger partial charge in [-0.2, -0.15) is 0 Å². The summed E-state index contributed by atoms with van der Waals surface area (Å²) in [7, 11) is 0. The van der Waals surface area contributed by atoms with Crippen molar-refractivity contribution in [2.24, 2.45) is 11.3 Å². The Kier molecular flexibility index (Phi) is 15.5. The Morgan fingerprint density at radius 2 is 1.14 bits per heavy atom. The molecule has 0 bridgehead atoms. The van der Waals surface area contributed by atoms with Gasteiger partial charge in [-0.05, 0) is 11.3 Å². The fourth-order valence-electron chi connectivity index (χ4n) is 0.539. The van der Waals surface area contributed by atoms with Crippen molar-refractivity contribution in [3.8, 4) is 0 Å². The van der Waals surface area contributed by atoms with Gasteiger partial charge < -0.3 is 0 Å². The zero-order chi connectivity index (χ0) is 10.9. The van der Waals surface area contributed by atoms with Crippen LogP contribution in [0.4, 0.5) is 0 Å². The third-order valence-corrected chi connectivity index (χ3v) is 3.31. The summed E-state index contributed by atoms with van der Waals surface area (Å²) >= 11 is 0. The van der Waals surface area contributed by atoms with Gasteiger partial charge in [-0.25, -0.2) is 0 Å². The Balaban J connectivity index is -0.000000163. The highest BCUT2D eigenvalue weighted by Crippen LogP contribution is 2.22. The average Bonchev–Trinajstić information content (AvgIpc) is 2.17. The second-order valence-electron chi connectivity index (χ2n) is 4.79. The van der Waals surface area contributed by atoms with E-state index in [4.69, 9.17) is 0 Å². The van der Waals surface area contributed by atoms with E-state index in [1.165, 1.54) is 25.7 Å². The van der Waals surface area contributed by atoms with Crippen LogP contribution in [-0.4, -0.2) is 0 Å². The standard InChI is InChI=1S/C7H16.C6H14.CH4/c1-5-7(3,4)6-2;1-4-6(3)5-2;/h5-6H2,1-4H3;6H,4-5H2,1-3H3;1H4. The Labute approximate surface area is 93.5 Å². The first-order valence-corrected chi connectivity index (χ1v) is 5.93. The summed E-state index contributed by atoms with van der Waals surface area (Å²) in [5.41, 5.74) is 0.583. The Bertz CT molecular complexity index is 82.2. The van der Waals surface area contributed by atoms with Crippen molar-refractivity contribution in [2.75, 3.05) is 0 Å². The molecule has 0 heteroatoms. The van der Waals surface area contributed by atoms with Crippen LogP contribution < -0.4 is 0 Å². The minimum atomic E-state index is 0. The monoisotopic (exact) mass is 202 g/mol. The lowest BCUT2D eigenvalue weighted by Gasteiger charge is -2.18. The summed E-state index contributed by atoms with van der Waals surface area (Å²) in [5.74, 6) is 0.935. The number of hydrogen-bond donors (Lipinski definition) is 0. The van der Waals surface area contributed by atoms with Gasteiger partial charge in [0.25, 0.3) is 0 Å². The Morgan fingerprint density at radius 1 is 0.857 bits per heavy atom. The van der Waals surface area contributed by atoms with Gasteiger partial charge in [0.1, 0.15) is 0 Å². The molecule has 0 aliphatic rings. The zero-order valence-corrected chi connectivity index (χ0v) is 10.9. The third-order valence-electron chi connectivity index (χ3n) is 3.31. The van der Waals surface area contributed by atoms with Crippen LogP contribution in [0.3, 0.4) is 0 Å². The van der Waals surface area contributed by atoms with Crippen LogP contribution >= 0.6 is 0 Å². The van der Waals surface area contributed by atoms with Gasteiger partial charge in [0.15, 0.2) is 0 Å². The molecule has 0 saturated heterocycles. The Morgan fingerprint density at radius 3 is 1.14 bits per heavy atom. The summed E-state index contributed by atoms with van der Waals surface area (Å²) < 4.78 is 0. The number of hydrogen-bond acceptors (Lipinski definition) is 0. The van der Waals surface area contributed by atoms with Crippen LogP contribution in [0.25, 0.3) is 0 Å². The topological polar surface area (TPSA) is 0 Å². The summed E-state index contributed by atoms with van der Waals surface area (Å²) in [6.45, 7) is 15.8. The quantitative estimate of drug-likeness (QED) is 0.531. The molecule has 0 aliphatic carbocycles. The van der Waals surface area contributed by atoms with Crippen molar-refractivity contribution in [2.45, 2.75) is 81.6 Å². The molecule has 0 N–H and O–H groups in total. The molecule has 0 aliphatic heterocycles.